The molecule has 0 saturated carbocycles. The van der Waals surface area contributed by atoms with Crippen molar-refractivity contribution in [1.29, 1.82) is 0 Å². The fourth-order valence-corrected chi connectivity index (χ4v) is 4.11. The number of benzene rings is 3. The number of imidazole rings is 1. The molecule has 0 aliphatic carbocycles. The van der Waals surface area contributed by atoms with Crippen LogP contribution >= 0.6 is 11.6 Å². The Bertz CT molecular complexity index is 1420. The molecule has 33 heavy (non-hydrogen) atoms. The zero-order valence-corrected chi connectivity index (χ0v) is 18.8. The zero-order chi connectivity index (χ0) is 22.8. The van der Waals surface area contributed by atoms with Crippen LogP contribution in [0.4, 0.5) is 0 Å². The summed E-state index contributed by atoms with van der Waals surface area (Å²) in [5.74, 6) is -0.0654. The average Bonchev–Trinajstić information content (AvgIpc) is 3.47. The van der Waals surface area contributed by atoms with Gasteiger partial charge in [-0.15, -0.1) is 0 Å². The SMILES string of the molecule is CN(Cc1cn(Cc2ccccc2Cl)nc1-c1ccccc1)C(=O)c1ccc2nc[nH]c2c1. The van der Waals surface area contributed by atoms with Gasteiger partial charge in [0, 0.05) is 41.5 Å². The summed E-state index contributed by atoms with van der Waals surface area (Å²) in [7, 11) is 1.81. The minimum Gasteiger partial charge on any atom is -0.345 e. The highest BCUT2D eigenvalue weighted by Gasteiger charge is 2.18. The molecule has 0 bridgehead atoms. The number of hydrogen-bond acceptors (Lipinski definition) is 3. The number of H-pyrrole nitrogens is 1. The van der Waals surface area contributed by atoms with Gasteiger partial charge in [-0.2, -0.15) is 5.10 Å². The first-order valence-corrected chi connectivity index (χ1v) is 11.0. The van der Waals surface area contributed by atoms with Crippen LogP contribution in [0.5, 0.6) is 0 Å². The first-order valence-electron chi connectivity index (χ1n) is 10.6. The molecular weight excluding hydrogens is 434 g/mol. The van der Waals surface area contributed by atoms with Gasteiger partial charge >= 0.3 is 0 Å². The van der Waals surface area contributed by atoms with Crippen molar-refractivity contribution in [2.24, 2.45) is 0 Å². The molecule has 6 nitrogen and oxygen atoms in total. The summed E-state index contributed by atoms with van der Waals surface area (Å²) < 4.78 is 1.88. The third kappa shape index (κ3) is 4.38. The summed E-state index contributed by atoms with van der Waals surface area (Å²) in [5.41, 5.74) is 6.10. The lowest BCUT2D eigenvalue weighted by molar-refractivity contribution is 0.0785. The molecule has 0 aliphatic heterocycles. The van der Waals surface area contributed by atoms with Crippen LogP contribution in [0.15, 0.2) is 85.3 Å². The van der Waals surface area contributed by atoms with Crippen molar-refractivity contribution in [3.05, 3.63) is 107 Å². The number of aromatic amines is 1. The maximum absolute atomic E-state index is 13.2. The minimum absolute atomic E-state index is 0.0654. The lowest BCUT2D eigenvalue weighted by Crippen LogP contribution is -2.26. The van der Waals surface area contributed by atoms with Gasteiger partial charge in [0.1, 0.15) is 0 Å². The van der Waals surface area contributed by atoms with Gasteiger partial charge in [-0.1, -0.05) is 60.1 Å². The van der Waals surface area contributed by atoms with Crippen molar-refractivity contribution in [2.75, 3.05) is 7.05 Å². The quantitative estimate of drug-likeness (QED) is 0.372. The monoisotopic (exact) mass is 455 g/mol. The normalized spacial score (nSPS) is 11.1. The lowest BCUT2D eigenvalue weighted by atomic mass is 10.1. The molecule has 5 aromatic rings. The Balaban J connectivity index is 1.44. The molecular formula is C26H22ClN5O. The summed E-state index contributed by atoms with van der Waals surface area (Å²) >= 11 is 6.36. The molecule has 2 aromatic heterocycles. The Morgan fingerprint density at radius 1 is 1.03 bits per heavy atom. The van der Waals surface area contributed by atoms with E-state index >= 15 is 0 Å². The fourth-order valence-electron chi connectivity index (χ4n) is 3.92. The first kappa shape index (κ1) is 21.0. The third-order valence-corrected chi connectivity index (χ3v) is 5.97. The Labute approximate surface area is 196 Å². The van der Waals surface area contributed by atoms with Crippen LogP contribution in [0.2, 0.25) is 5.02 Å². The van der Waals surface area contributed by atoms with E-state index in [4.69, 9.17) is 16.7 Å². The molecule has 0 unspecified atom stereocenters. The van der Waals surface area contributed by atoms with E-state index in [9.17, 15) is 4.79 Å². The molecule has 1 amide bonds. The van der Waals surface area contributed by atoms with Crippen LogP contribution in [0.3, 0.4) is 0 Å². The second-order valence-corrected chi connectivity index (χ2v) is 8.36. The van der Waals surface area contributed by atoms with E-state index in [1.807, 2.05) is 77.6 Å². The van der Waals surface area contributed by atoms with Crippen LogP contribution in [0.25, 0.3) is 22.3 Å². The summed E-state index contributed by atoms with van der Waals surface area (Å²) in [6.07, 6.45) is 3.62. The van der Waals surface area contributed by atoms with Crippen LogP contribution in [-0.4, -0.2) is 37.6 Å². The Kier molecular flexibility index (Phi) is 5.67. The molecule has 2 heterocycles. The van der Waals surface area contributed by atoms with Gasteiger partial charge in [-0.05, 0) is 29.8 Å². The molecule has 3 aromatic carbocycles. The molecule has 164 valence electrons. The van der Waals surface area contributed by atoms with Gasteiger partial charge < -0.3 is 9.88 Å². The maximum Gasteiger partial charge on any atom is 0.253 e. The number of nitrogens with one attached hydrogen (secondary N) is 1. The molecule has 0 radical (unpaired) electrons. The average molecular weight is 456 g/mol. The number of fused-ring (bicyclic) bond motifs is 1. The Hall–Kier alpha value is -3.90. The molecule has 0 saturated heterocycles. The van der Waals surface area contributed by atoms with Crippen molar-refractivity contribution in [3.63, 3.8) is 0 Å². The van der Waals surface area contributed by atoms with E-state index in [1.165, 1.54) is 0 Å². The highest BCUT2D eigenvalue weighted by atomic mass is 35.5. The van der Waals surface area contributed by atoms with Crippen molar-refractivity contribution in [3.8, 4) is 11.3 Å². The van der Waals surface area contributed by atoms with Crippen molar-refractivity contribution >= 4 is 28.5 Å². The lowest BCUT2D eigenvalue weighted by Gasteiger charge is -2.17. The predicted octanol–water partition coefficient (Wildman–Crippen LogP) is 5.40. The van der Waals surface area contributed by atoms with Crippen molar-refractivity contribution in [2.45, 2.75) is 13.1 Å². The fraction of sp³-hybridized carbons (Fsp3) is 0.115. The summed E-state index contributed by atoms with van der Waals surface area (Å²) in [6, 6.07) is 23.2. The minimum atomic E-state index is -0.0654. The smallest absolute Gasteiger partial charge is 0.253 e. The number of halogens is 1. The number of carbonyl (C=O) groups is 1. The van der Waals surface area contributed by atoms with Gasteiger partial charge in [-0.25, -0.2) is 4.98 Å². The second-order valence-electron chi connectivity index (χ2n) is 7.95. The number of amides is 1. The predicted molar refractivity (Wildman–Crippen MR) is 130 cm³/mol. The summed E-state index contributed by atoms with van der Waals surface area (Å²) in [4.78, 5) is 22.1. The van der Waals surface area contributed by atoms with E-state index in [0.717, 1.165) is 33.4 Å². The van der Waals surface area contributed by atoms with E-state index in [2.05, 4.69) is 9.97 Å². The largest absolute Gasteiger partial charge is 0.345 e. The summed E-state index contributed by atoms with van der Waals surface area (Å²) in [6.45, 7) is 0.972. The van der Waals surface area contributed by atoms with Crippen molar-refractivity contribution in [1.82, 2.24) is 24.6 Å². The third-order valence-electron chi connectivity index (χ3n) is 5.60. The van der Waals surface area contributed by atoms with E-state index in [1.54, 1.807) is 24.3 Å². The Morgan fingerprint density at radius 3 is 2.64 bits per heavy atom. The van der Waals surface area contributed by atoms with Gasteiger partial charge in [-0.3, -0.25) is 9.48 Å². The second kappa shape index (κ2) is 8.92. The van der Waals surface area contributed by atoms with Crippen LogP contribution in [-0.2, 0) is 13.1 Å². The number of carbonyl (C=O) groups excluding carboxylic acids is 1. The number of rotatable bonds is 6. The molecule has 7 heteroatoms. The van der Waals surface area contributed by atoms with Gasteiger partial charge in [0.2, 0.25) is 0 Å². The highest BCUT2D eigenvalue weighted by molar-refractivity contribution is 6.31. The zero-order valence-electron chi connectivity index (χ0n) is 18.1. The molecule has 0 aliphatic rings. The standard InChI is InChI=1S/C26H22ClN5O/c1-31(26(33)19-11-12-23-24(13-19)29-17-28-23)14-21-16-32(15-20-9-5-6-10-22(20)27)30-25(21)18-7-3-2-4-8-18/h2-13,16-17H,14-15H2,1H3,(H,28,29). The molecule has 0 fully saturated rings. The molecule has 1 N–H and O–H groups in total. The van der Waals surface area contributed by atoms with Gasteiger partial charge in [0.05, 0.1) is 29.6 Å². The number of nitrogens with zero attached hydrogens (tertiary/aromatic N) is 4. The number of aromatic nitrogens is 4. The van der Waals surface area contributed by atoms with Gasteiger partial charge in [0.15, 0.2) is 0 Å². The molecule has 0 spiro atoms. The molecule has 5 rings (SSSR count). The summed E-state index contributed by atoms with van der Waals surface area (Å²) in [5, 5.41) is 5.55. The van der Waals surface area contributed by atoms with E-state index in [0.29, 0.717) is 23.7 Å². The number of hydrogen-bond donors (Lipinski definition) is 1. The van der Waals surface area contributed by atoms with Crippen LogP contribution in [0.1, 0.15) is 21.5 Å². The van der Waals surface area contributed by atoms with Crippen LogP contribution in [0, 0.1) is 0 Å². The topological polar surface area (TPSA) is 66.8 Å². The maximum atomic E-state index is 13.2. The first-order chi connectivity index (χ1) is 16.1. The Morgan fingerprint density at radius 2 is 1.82 bits per heavy atom. The van der Waals surface area contributed by atoms with E-state index < -0.39 is 0 Å². The van der Waals surface area contributed by atoms with Gasteiger partial charge in [0.25, 0.3) is 5.91 Å². The van der Waals surface area contributed by atoms with E-state index in [-0.39, 0.29) is 5.91 Å². The van der Waals surface area contributed by atoms with Crippen molar-refractivity contribution < 1.29 is 4.79 Å². The highest BCUT2D eigenvalue weighted by Crippen LogP contribution is 2.25. The molecule has 0 atom stereocenters. The van der Waals surface area contributed by atoms with Crippen LogP contribution < -0.4 is 0 Å².